The number of unbranched alkanes of at least 4 members (excludes halogenated alkanes) is 33. The van der Waals surface area contributed by atoms with Crippen molar-refractivity contribution < 1.29 is 80.2 Å². The first kappa shape index (κ1) is 85.1. The predicted octanol–water partition coefficient (Wildman–Crippen LogP) is 19.1. The summed E-state index contributed by atoms with van der Waals surface area (Å²) in [6.45, 7) is 11.7. The molecule has 19 heteroatoms. The Hall–Kier alpha value is -1.94. The van der Waals surface area contributed by atoms with E-state index in [1.165, 1.54) is 141 Å². The van der Waals surface area contributed by atoms with E-state index in [-0.39, 0.29) is 25.7 Å². The summed E-state index contributed by atoms with van der Waals surface area (Å²) in [6, 6.07) is 0. The largest absolute Gasteiger partial charge is 0.472 e. The maximum atomic E-state index is 13.0. The van der Waals surface area contributed by atoms with E-state index in [2.05, 4.69) is 48.5 Å². The van der Waals surface area contributed by atoms with Crippen LogP contribution < -0.4 is 0 Å². The van der Waals surface area contributed by atoms with E-state index in [1.54, 1.807) is 0 Å². The minimum absolute atomic E-state index is 0.103. The summed E-state index contributed by atoms with van der Waals surface area (Å²) in [4.78, 5) is 72.1. The van der Waals surface area contributed by atoms with E-state index in [4.69, 9.17) is 37.0 Å². The van der Waals surface area contributed by atoms with Gasteiger partial charge in [-0.2, -0.15) is 0 Å². The summed E-state index contributed by atoms with van der Waals surface area (Å²) in [5.41, 5.74) is 0. The molecule has 0 fully saturated rings. The summed E-state index contributed by atoms with van der Waals surface area (Å²) in [5.74, 6) is 0.163. The van der Waals surface area contributed by atoms with Gasteiger partial charge in [-0.3, -0.25) is 37.3 Å². The lowest BCUT2D eigenvalue weighted by atomic mass is 9.99. The molecule has 0 aromatic rings. The molecule has 0 aliphatic heterocycles. The number of hydrogen-bond donors (Lipinski definition) is 3. The van der Waals surface area contributed by atoms with Gasteiger partial charge >= 0.3 is 39.5 Å². The average molecular weight is 1280 g/mol. The number of carbonyl (C=O) groups is 4. The fraction of sp³-hybridized carbons (Fsp3) is 0.941. The third-order valence-electron chi connectivity index (χ3n) is 16.0. The molecule has 0 aromatic heterocycles. The van der Waals surface area contributed by atoms with Crippen LogP contribution in [0.5, 0.6) is 0 Å². The van der Waals surface area contributed by atoms with Gasteiger partial charge in [0.05, 0.1) is 26.4 Å². The second-order valence-corrected chi connectivity index (χ2v) is 28.7. The molecule has 0 bridgehead atoms. The van der Waals surface area contributed by atoms with Crippen LogP contribution in [-0.2, 0) is 65.4 Å². The molecular weight excluding hydrogens is 1150 g/mol. The topological polar surface area (TPSA) is 237 Å². The molecule has 87 heavy (non-hydrogen) atoms. The van der Waals surface area contributed by atoms with Gasteiger partial charge in [0.2, 0.25) is 0 Å². The van der Waals surface area contributed by atoms with Crippen LogP contribution in [0, 0.1) is 17.8 Å². The number of phosphoric acid groups is 2. The Morgan fingerprint density at radius 1 is 0.333 bits per heavy atom. The standard InChI is InChI=1S/C68H132O17P2/c1-8-10-11-32-42-49-65(70)78-55-63(84-68(73)52-45-38-31-24-22-27-34-40-47-60(5)6)57-82-86(74,75)80-53-62(69)54-81-87(76,77)83-58-64(56-79-66(71)50-43-36-29-25-23-28-35-41-48-61(7)9-2)85-67(72)51-44-37-30-21-19-17-15-13-12-14-16-18-20-26-33-39-46-59(3)4/h59-64,69H,8-58H2,1-7H3,(H,74,75)(H,76,77)/t61?,62-,63+,64+/m0/s1. The van der Waals surface area contributed by atoms with E-state index in [0.717, 1.165) is 114 Å². The van der Waals surface area contributed by atoms with E-state index in [1.807, 2.05) is 0 Å². The van der Waals surface area contributed by atoms with Gasteiger partial charge in [-0.25, -0.2) is 9.13 Å². The van der Waals surface area contributed by atoms with Crippen LogP contribution in [0.1, 0.15) is 337 Å². The fourth-order valence-electron chi connectivity index (χ4n) is 10.2. The second-order valence-electron chi connectivity index (χ2n) is 25.8. The molecule has 0 amide bonds. The third kappa shape index (κ3) is 61.3. The van der Waals surface area contributed by atoms with Crippen molar-refractivity contribution in [2.45, 2.75) is 356 Å². The van der Waals surface area contributed by atoms with Gasteiger partial charge in [-0.1, -0.05) is 286 Å². The van der Waals surface area contributed by atoms with Crippen LogP contribution in [0.25, 0.3) is 0 Å². The zero-order chi connectivity index (χ0) is 64.5. The molecule has 0 aliphatic carbocycles. The normalized spacial score (nSPS) is 14.6. The summed E-state index contributed by atoms with van der Waals surface area (Å²) in [6.07, 6.45) is 42.1. The maximum absolute atomic E-state index is 13.0. The number of phosphoric ester groups is 2. The molecule has 516 valence electrons. The highest BCUT2D eigenvalue weighted by Gasteiger charge is 2.30. The van der Waals surface area contributed by atoms with Crippen LogP contribution in [0.4, 0.5) is 0 Å². The quantitative estimate of drug-likeness (QED) is 0.0222. The molecule has 0 heterocycles. The average Bonchev–Trinajstić information content (AvgIpc) is 3.53. The van der Waals surface area contributed by atoms with Crippen LogP contribution in [-0.4, -0.2) is 96.7 Å². The van der Waals surface area contributed by atoms with Crippen LogP contribution in [0.3, 0.4) is 0 Å². The highest BCUT2D eigenvalue weighted by atomic mass is 31.2. The molecule has 6 atom stereocenters. The van der Waals surface area contributed by atoms with Gasteiger partial charge in [0.15, 0.2) is 12.2 Å². The lowest BCUT2D eigenvalue weighted by molar-refractivity contribution is -0.161. The summed E-state index contributed by atoms with van der Waals surface area (Å²) < 4.78 is 68.0. The molecule has 0 radical (unpaired) electrons. The van der Waals surface area contributed by atoms with Gasteiger partial charge < -0.3 is 33.8 Å². The molecule has 0 aromatic carbocycles. The SMILES string of the molecule is CCCCCCCC(=O)OC[C@H](COP(=O)(O)OC[C@H](O)COP(=O)(O)OC[C@@H](COC(=O)CCCCCCCCCCC(C)CC)OC(=O)CCCCCCCCCCCCCCCCCCC(C)C)OC(=O)CCCCCCCCCCC(C)C. The van der Waals surface area contributed by atoms with Crippen molar-refractivity contribution in [3.63, 3.8) is 0 Å². The van der Waals surface area contributed by atoms with Gasteiger partial charge in [0, 0.05) is 25.7 Å². The first-order chi connectivity index (χ1) is 41.8. The van der Waals surface area contributed by atoms with Gasteiger partial charge in [0.25, 0.3) is 0 Å². The molecule has 3 N–H and O–H groups in total. The van der Waals surface area contributed by atoms with Crippen molar-refractivity contribution in [3.05, 3.63) is 0 Å². The Morgan fingerprint density at radius 2 is 0.586 bits per heavy atom. The number of aliphatic hydroxyl groups excluding tert-OH is 1. The maximum Gasteiger partial charge on any atom is 0.472 e. The smallest absolute Gasteiger partial charge is 0.462 e. The molecule has 3 unspecified atom stereocenters. The molecule has 0 aliphatic rings. The predicted molar refractivity (Wildman–Crippen MR) is 349 cm³/mol. The minimum atomic E-state index is -4.95. The lowest BCUT2D eigenvalue weighted by Gasteiger charge is -2.21. The highest BCUT2D eigenvalue weighted by Crippen LogP contribution is 2.45. The second kappa shape index (κ2) is 59.1. The number of aliphatic hydroxyl groups is 1. The third-order valence-corrected chi connectivity index (χ3v) is 17.9. The van der Waals surface area contributed by atoms with Crippen molar-refractivity contribution in [2.75, 3.05) is 39.6 Å². The molecule has 0 saturated heterocycles. The Bertz CT molecular complexity index is 1720. The number of ether oxygens (including phenoxy) is 4. The zero-order valence-electron chi connectivity index (χ0n) is 56.5. The monoisotopic (exact) mass is 1280 g/mol. The first-order valence-electron chi connectivity index (χ1n) is 35.4. The molecule has 0 rings (SSSR count). The number of carbonyl (C=O) groups excluding carboxylic acids is 4. The summed E-state index contributed by atoms with van der Waals surface area (Å²) in [5, 5.41) is 10.5. The lowest BCUT2D eigenvalue weighted by Crippen LogP contribution is -2.30. The number of hydrogen-bond acceptors (Lipinski definition) is 15. The first-order valence-corrected chi connectivity index (χ1v) is 38.4. The van der Waals surface area contributed by atoms with E-state index < -0.39 is 97.5 Å². The van der Waals surface area contributed by atoms with E-state index >= 15 is 0 Å². The Labute approximate surface area is 530 Å². The van der Waals surface area contributed by atoms with Crippen molar-refractivity contribution in [1.29, 1.82) is 0 Å². The summed E-state index contributed by atoms with van der Waals surface area (Å²) in [7, 11) is -9.89. The summed E-state index contributed by atoms with van der Waals surface area (Å²) >= 11 is 0. The fourth-order valence-corrected chi connectivity index (χ4v) is 11.7. The number of rotatable bonds is 66. The highest BCUT2D eigenvalue weighted by molar-refractivity contribution is 7.47. The molecule has 0 spiro atoms. The molecular formula is C68H132O17P2. The Kier molecular flexibility index (Phi) is 57.8. The molecule has 0 saturated carbocycles. The van der Waals surface area contributed by atoms with Crippen LogP contribution >= 0.6 is 15.6 Å². The van der Waals surface area contributed by atoms with Crippen molar-refractivity contribution in [2.24, 2.45) is 17.8 Å². The van der Waals surface area contributed by atoms with Crippen LogP contribution in [0.2, 0.25) is 0 Å². The molecule has 17 nitrogen and oxygen atoms in total. The van der Waals surface area contributed by atoms with Crippen molar-refractivity contribution in [1.82, 2.24) is 0 Å². The zero-order valence-corrected chi connectivity index (χ0v) is 58.3. The van der Waals surface area contributed by atoms with Crippen LogP contribution in [0.15, 0.2) is 0 Å². The minimum Gasteiger partial charge on any atom is -0.462 e. The van der Waals surface area contributed by atoms with Crippen molar-refractivity contribution in [3.8, 4) is 0 Å². The van der Waals surface area contributed by atoms with Gasteiger partial charge in [-0.15, -0.1) is 0 Å². The Morgan fingerprint density at radius 3 is 0.874 bits per heavy atom. The van der Waals surface area contributed by atoms with E-state index in [0.29, 0.717) is 25.7 Å². The Balaban J connectivity index is 5.14. The van der Waals surface area contributed by atoms with Gasteiger partial charge in [-0.05, 0) is 43.4 Å². The van der Waals surface area contributed by atoms with E-state index in [9.17, 15) is 43.2 Å². The van der Waals surface area contributed by atoms with Crippen molar-refractivity contribution >= 4 is 39.5 Å². The number of esters is 4. The van der Waals surface area contributed by atoms with Gasteiger partial charge in [0.1, 0.15) is 19.3 Å².